The van der Waals surface area contributed by atoms with Crippen molar-refractivity contribution < 1.29 is 13.2 Å². The Morgan fingerprint density at radius 2 is 1.68 bits per heavy atom. The van der Waals surface area contributed by atoms with Crippen LogP contribution in [0.5, 0.6) is 0 Å². The lowest BCUT2D eigenvalue weighted by Gasteiger charge is -2.07. The van der Waals surface area contributed by atoms with Crippen molar-refractivity contribution in [1.82, 2.24) is 8.96 Å². The van der Waals surface area contributed by atoms with E-state index in [0.717, 1.165) is 10.9 Å². The average molecular weight is 390 g/mol. The molecule has 4 aromatic rings. The summed E-state index contributed by atoms with van der Waals surface area (Å²) in [7, 11) is -3.77. The van der Waals surface area contributed by atoms with Gasteiger partial charge in [0, 0.05) is 24.2 Å². The summed E-state index contributed by atoms with van der Waals surface area (Å²) < 4.78 is 27.6. The largest absolute Gasteiger partial charge is 0.292 e. The number of aryl methyl sites for hydroxylation is 1. The van der Waals surface area contributed by atoms with Gasteiger partial charge in [0.25, 0.3) is 10.0 Å². The summed E-state index contributed by atoms with van der Waals surface area (Å²) >= 11 is 0. The number of aromatic nitrogens is 2. The predicted molar refractivity (Wildman–Crippen MR) is 108 cm³/mol. The molecule has 0 fully saturated rings. The number of fused-ring (bicyclic) bond motifs is 1. The highest BCUT2D eigenvalue weighted by Gasteiger charge is 2.22. The summed E-state index contributed by atoms with van der Waals surface area (Å²) in [6, 6.07) is 19.1. The van der Waals surface area contributed by atoms with E-state index in [1.807, 2.05) is 19.1 Å². The number of benzene rings is 2. The molecule has 0 aliphatic heterocycles. The van der Waals surface area contributed by atoms with E-state index >= 15 is 0 Å². The van der Waals surface area contributed by atoms with Crippen LogP contribution in [0.1, 0.15) is 21.6 Å². The average Bonchev–Trinajstić information content (AvgIpc) is 3.08. The number of carbonyl (C=O) groups excluding carboxylic acids is 1. The second-order valence-electron chi connectivity index (χ2n) is 6.60. The van der Waals surface area contributed by atoms with Crippen LogP contribution in [-0.2, 0) is 16.4 Å². The summed E-state index contributed by atoms with van der Waals surface area (Å²) in [5.41, 5.74) is 2.55. The highest BCUT2D eigenvalue weighted by atomic mass is 32.2. The third kappa shape index (κ3) is 3.23. The highest BCUT2D eigenvalue weighted by molar-refractivity contribution is 7.90. The zero-order valence-corrected chi connectivity index (χ0v) is 16.1. The van der Waals surface area contributed by atoms with Gasteiger partial charge in [-0.2, -0.15) is 0 Å². The van der Waals surface area contributed by atoms with Crippen molar-refractivity contribution in [1.29, 1.82) is 0 Å². The lowest BCUT2D eigenvalue weighted by atomic mass is 10.1. The topological polar surface area (TPSA) is 69.0 Å². The third-order valence-corrected chi connectivity index (χ3v) is 6.33. The van der Waals surface area contributed by atoms with Crippen molar-refractivity contribution >= 4 is 26.7 Å². The first-order valence-corrected chi connectivity index (χ1v) is 10.3. The Morgan fingerprint density at radius 1 is 0.964 bits per heavy atom. The smallest absolute Gasteiger partial charge is 0.268 e. The van der Waals surface area contributed by atoms with Crippen molar-refractivity contribution in [2.75, 3.05) is 0 Å². The van der Waals surface area contributed by atoms with E-state index < -0.39 is 10.0 Å². The number of Topliss-reactive ketones (excluding diaryl/α,β-unsaturated/α-hetero) is 1. The van der Waals surface area contributed by atoms with Crippen LogP contribution in [0.3, 0.4) is 0 Å². The van der Waals surface area contributed by atoms with E-state index in [4.69, 9.17) is 0 Å². The van der Waals surface area contributed by atoms with Crippen LogP contribution in [0, 0.1) is 6.92 Å². The van der Waals surface area contributed by atoms with Crippen molar-refractivity contribution in [3.8, 4) is 0 Å². The third-order valence-electron chi connectivity index (χ3n) is 4.64. The molecule has 0 N–H and O–H groups in total. The van der Waals surface area contributed by atoms with Gasteiger partial charge >= 0.3 is 0 Å². The summed E-state index contributed by atoms with van der Waals surface area (Å²) in [6.07, 6.45) is 3.19. The molecule has 0 aliphatic rings. The maximum atomic E-state index is 13.2. The second kappa shape index (κ2) is 7.05. The van der Waals surface area contributed by atoms with Gasteiger partial charge in [-0.1, -0.05) is 42.0 Å². The molecule has 5 nitrogen and oxygen atoms in total. The molecule has 6 heteroatoms. The molecule has 4 rings (SSSR count). The minimum atomic E-state index is -3.77. The molecule has 0 amide bonds. The Morgan fingerprint density at radius 3 is 2.39 bits per heavy atom. The van der Waals surface area contributed by atoms with Gasteiger partial charge in [-0.05, 0) is 42.8 Å². The van der Waals surface area contributed by atoms with Crippen LogP contribution in [0.25, 0.3) is 10.9 Å². The molecule has 0 aliphatic carbocycles. The van der Waals surface area contributed by atoms with Gasteiger partial charge < -0.3 is 0 Å². The van der Waals surface area contributed by atoms with E-state index in [9.17, 15) is 13.2 Å². The van der Waals surface area contributed by atoms with Crippen LogP contribution in [-0.4, -0.2) is 23.2 Å². The summed E-state index contributed by atoms with van der Waals surface area (Å²) in [5.74, 6) is -0.156. The molecule has 28 heavy (non-hydrogen) atoms. The van der Waals surface area contributed by atoms with Crippen LogP contribution in [0.2, 0.25) is 0 Å². The van der Waals surface area contributed by atoms with Crippen molar-refractivity contribution in [2.45, 2.75) is 18.2 Å². The Labute approximate surface area is 163 Å². The van der Waals surface area contributed by atoms with E-state index in [2.05, 4.69) is 4.98 Å². The molecule has 0 unspecified atom stereocenters. The van der Waals surface area contributed by atoms with Crippen molar-refractivity contribution in [3.05, 3.63) is 95.9 Å². The number of rotatable bonds is 5. The Kier molecular flexibility index (Phi) is 4.57. The molecule has 2 aromatic carbocycles. The summed E-state index contributed by atoms with van der Waals surface area (Å²) in [6.45, 7) is 1.91. The van der Waals surface area contributed by atoms with Crippen molar-refractivity contribution in [3.63, 3.8) is 0 Å². The van der Waals surface area contributed by atoms with Gasteiger partial charge in [0.2, 0.25) is 0 Å². The molecule has 0 saturated heterocycles. The predicted octanol–water partition coefficient (Wildman–Crippen LogP) is 4.01. The number of pyridine rings is 1. The second-order valence-corrected chi connectivity index (χ2v) is 8.42. The van der Waals surface area contributed by atoms with Gasteiger partial charge in [0.1, 0.15) is 5.69 Å². The molecule has 0 saturated carbocycles. The normalized spacial score (nSPS) is 11.6. The number of ketones is 1. The van der Waals surface area contributed by atoms with Gasteiger partial charge in [-0.3, -0.25) is 9.78 Å². The van der Waals surface area contributed by atoms with E-state index in [0.29, 0.717) is 16.8 Å². The molecular formula is C22H18N2O3S. The molecule has 0 radical (unpaired) electrons. The first-order chi connectivity index (χ1) is 13.5. The Balaban J connectivity index is 1.81. The highest BCUT2D eigenvalue weighted by Crippen LogP contribution is 2.27. The fourth-order valence-electron chi connectivity index (χ4n) is 3.17. The van der Waals surface area contributed by atoms with E-state index in [1.165, 1.54) is 3.97 Å². The molecule has 0 atom stereocenters. The fourth-order valence-corrected chi connectivity index (χ4v) is 4.56. The molecule has 140 valence electrons. The molecule has 0 bridgehead atoms. The zero-order valence-electron chi connectivity index (χ0n) is 15.2. The van der Waals surface area contributed by atoms with E-state index in [-0.39, 0.29) is 17.1 Å². The zero-order chi connectivity index (χ0) is 19.7. The number of nitrogens with zero attached hydrogens (tertiary/aromatic N) is 2. The quantitative estimate of drug-likeness (QED) is 0.483. The monoisotopic (exact) mass is 390 g/mol. The van der Waals surface area contributed by atoms with Gasteiger partial charge in [-0.15, -0.1) is 0 Å². The van der Waals surface area contributed by atoms with Gasteiger partial charge in [0.15, 0.2) is 5.78 Å². The Bertz CT molecular complexity index is 1260. The van der Waals surface area contributed by atoms with Crippen LogP contribution >= 0.6 is 0 Å². The lowest BCUT2D eigenvalue weighted by molar-refractivity contribution is 0.0988. The number of hydrogen-bond donors (Lipinski definition) is 0. The first-order valence-electron chi connectivity index (χ1n) is 8.82. The van der Waals surface area contributed by atoms with Crippen LogP contribution in [0.15, 0.2) is 84.0 Å². The number of para-hydroxylation sites is 1. The molecule has 2 heterocycles. The molecule has 0 spiro atoms. The van der Waals surface area contributed by atoms with Crippen molar-refractivity contribution in [2.24, 2.45) is 0 Å². The maximum Gasteiger partial charge on any atom is 0.268 e. The van der Waals surface area contributed by atoms with Crippen LogP contribution in [0.4, 0.5) is 0 Å². The Hall–Kier alpha value is -3.25. The van der Waals surface area contributed by atoms with Gasteiger partial charge in [0.05, 0.1) is 10.4 Å². The lowest BCUT2D eigenvalue weighted by Crippen LogP contribution is -2.12. The first kappa shape index (κ1) is 18.1. The van der Waals surface area contributed by atoms with Crippen LogP contribution < -0.4 is 0 Å². The fraction of sp³-hybridized carbons (Fsp3) is 0.0909. The maximum absolute atomic E-state index is 13.2. The minimum Gasteiger partial charge on any atom is -0.292 e. The van der Waals surface area contributed by atoms with Gasteiger partial charge in [-0.25, -0.2) is 12.4 Å². The minimum absolute atomic E-state index is 0.0773. The molecule has 2 aromatic heterocycles. The standard InChI is InChI=1S/C22H18N2O3S/c1-16-9-11-18(12-10-16)28(26,27)24-15-17(19-6-2-3-8-21(19)24)14-22(25)20-7-4-5-13-23-20/h2-13,15H,14H2,1H3. The summed E-state index contributed by atoms with van der Waals surface area (Å²) in [5, 5.41) is 0.738. The van der Waals surface area contributed by atoms with E-state index in [1.54, 1.807) is 67.0 Å². The number of hydrogen-bond acceptors (Lipinski definition) is 4. The SMILES string of the molecule is Cc1ccc(S(=O)(=O)n2cc(CC(=O)c3ccccn3)c3ccccc32)cc1. The summed E-state index contributed by atoms with van der Waals surface area (Å²) in [4.78, 5) is 16.9. The molecular weight excluding hydrogens is 372 g/mol. The number of carbonyl (C=O) groups is 1.